The van der Waals surface area contributed by atoms with Crippen LogP contribution in [0.25, 0.3) is 0 Å². The van der Waals surface area contributed by atoms with Crippen LogP contribution in [0.5, 0.6) is 0 Å². The highest BCUT2D eigenvalue weighted by atomic mass is 16.5. The average molecular weight is 580 g/mol. The largest absolute Gasteiger partial charge is 0.463 e. The Labute approximate surface area is 253 Å². The first-order chi connectivity index (χ1) is 20.4. The molecule has 1 aromatic carbocycles. The molecule has 0 fully saturated rings. The zero-order valence-electron chi connectivity index (χ0n) is 26.6. The number of hydrogen-bond donors (Lipinski definition) is 1. The molecule has 9 heteroatoms. The van der Waals surface area contributed by atoms with Crippen molar-refractivity contribution in [3.63, 3.8) is 0 Å². The van der Waals surface area contributed by atoms with E-state index in [0.717, 1.165) is 57.3 Å². The van der Waals surface area contributed by atoms with Gasteiger partial charge in [0.1, 0.15) is 11.6 Å². The van der Waals surface area contributed by atoms with Crippen LogP contribution in [0, 0.1) is 0 Å². The molecule has 3 aromatic rings. The van der Waals surface area contributed by atoms with Gasteiger partial charge in [0.15, 0.2) is 0 Å². The number of nitrogens with one attached hydrogen (secondary N) is 1. The Balaban J connectivity index is 1.59. The first kappa shape index (κ1) is 33.5. The molecule has 0 spiro atoms. The Morgan fingerprint density at radius 3 is 2.02 bits per heavy atom. The van der Waals surface area contributed by atoms with Crippen LogP contribution < -0.4 is 0 Å². The summed E-state index contributed by atoms with van der Waals surface area (Å²) in [5.74, 6) is 1.85. The first-order valence-corrected chi connectivity index (χ1v) is 15.7. The van der Waals surface area contributed by atoms with Crippen molar-refractivity contribution >= 4 is 5.97 Å². The highest BCUT2D eigenvalue weighted by Gasteiger charge is 2.14. The fourth-order valence-corrected chi connectivity index (χ4v) is 5.26. The lowest BCUT2D eigenvalue weighted by molar-refractivity contribution is -0.147. The minimum absolute atomic E-state index is 0.0774. The number of aromatic amines is 1. The van der Waals surface area contributed by atoms with E-state index in [4.69, 9.17) is 4.74 Å². The highest BCUT2D eigenvalue weighted by molar-refractivity contribution is 5.69. The molecule has 2 aromatic heterocycles. The van der Waals surface area contributed by atoms with Gasteiger partial charge >= 0.3 is 5.97 Å². The van der Waals surface area contributed by atoms with Crippen LogP contribution in [-0.4, -0.2) is 79.0 Å². The fraction of sp³-hybridized carbons (Fsp3) is 0.606. The molecule has 0 bridgehead atoms. The Hall–Kier alpha value is -3.01. The van der Waals surface area contributed by atoms with Gasteiger partial charge in [-0.25, -0.2) is 9.97 Å². The van der Waals surface area contributed by atoms with Crippen LogP contribution in [-0.2, 0) is 42.8 Å². The van der Waals surface area contributed by atoms with Gasteiger partial charge in [0.05, 0.1) is 25.6 Å². The Bertz CT molecular complexity index is 1120. The number of aromatic nitrogens is 4. The summed E-state index contributed by atoms with van der Waals surface area (Å²) in [4.78, 5) is 31.8. The number of carbonyl (C=O) groups excluding carboxylic acids is 1. The molecule has 0 aliphatic carbocycles. The van der Waals surface area contributed by atoms with Crippen LogP contribution in [0.1, 0.15) is 82.6 Å². The number of benzene rings is 1. The molecular formula is C33H53N7O2. The predicted octanol–water partition coefficient (Wildman–Crippen LogP) is 5.39. The molecule has 0 radical (unpaired) electrons. The molecule has 42 heavy (non-hydrogen) atoms. The average Bonchev–Trinajstić information content (AvgIpc) is 3.62. The molecule has 3 rings (SSSR count). The van der Waals surface area contributed by atoms with E-state index < -0.39 is 0 Å². The Kier molecular flexibility index (Phi) is 14.8. The van der Waals surface area contributed by atoms with Gasteiger partial charge < -0.3 is 19.2 Å². The number of nitrogens with zero attached hydrogens (tertiary/aromatic N) is 6. The van der Waals surface area contributed by atoms with E-state index in [0.29, 0.717) is 13.0 Å². The topological polar surface area (TPSA) is 82.5 Å². The van der Waals surface area contributed by atoms with Gasteiger partial charge in [-0.1, -0.05) is 38.1 Å². The van der Waals surface area contributed by atoms with Crippen LogP contribution in [0.3, 0.4) is 0 Å². The van der Waals surface area contributed by atoms with Crippen LogP contribution in [0.15, 0.2) is 49.1 Å². The molecule has 0 aliphatic rings. The number of ether oxygens (including phenoxy) is 1. The maximum Gasteiger partial charge on any atom is 0.307 e. The Morgan fingerprint density at radius 2 is 1.48 bits per heavy atom. The zero-order valence-corrected chi connectivity index (χ0v) is 26.6. The molecule has 0 unspecified atom stereocenters. The molecule has 2 heterocycles. The summed E-state index contributed by atoms with van der Waals surface area (Å²) in [6.45, 7) is 16.6. The monoisotopic (exact) mass is 579 g/mol. The number of imidazole rings is 2. The lowest BCUT2D eigenvalue weighted by atomic mass is 10.1. The van der Waals surface area contributed by atoms with Gasteiger partial charge in [0, 0.05) is 51.5 Å². The van der Waals surface area contributed by atoms with E-state index in [-0.39, 0.29) is 12.1 Å². The molecule has 0 atom stereocenters. The molecule has 1 N–H and O–H groups in total. The van der Waals surface area contributed by atoms with Gasteiger partial charge in [-0.05, 0) is 76.8 Å². The van der Waals surface area contributed by atoms with Crippen LogP contribution in [0.4, 0.5) is 0 Å². The quantitative estimate of drug-likeness (QED) is 0.134. The SMILES string of the molecule is CCCN(CCC)CCCCN(CCC(=O)OC(C)C)Cc1ccc(CN(Cc2ncc[nH]2)Cc2nccn2C)cc1. The normalized spacial score (nSPS) is 11.8. The van der Waals surface area contributed by atoms with Crippen molar-refractivity contribution in [3.8, 4) is 0 Å². The van der Waals surface area contributed by atoms with Gasteiger partial charge in [-0.3, -0.25) is 14.6 Å². The van der Waals surface area contributed by atoms with E-state index in [2.05, 4.69) is 72.3 Å². The standard InChI is InChI=1S/C33H53N7O2/c1-6-18-38(19-7-2)20-8-9-21-39(22-14-33(41)42-28(3)4)24-29-10-12-30(13-11-29)25-40(26-31-34-15-16-35-31)27-32-36-17-23-37(32)5/h10-13,15-17,23,28H,6-9,14,18-22,24-27H2,1-5H3,(H,34,35). The molecule has 0 amide bonds. The summed E-state index contributed by atoms with van der Waals surface area (Å²) < 4.78 is 7.47. The molecule has 0 saturated heterocycles. The summed E-state index contributed by atoms with van der Waals surface area (Å²) in [6, 6.07) is 8.90. The van der Waals surface area contributed by atoms with Crippen LogP contribution in [0.2, 0.25) is 0 Å². The zero-order chi connectivity index (χ0) is 30.2. The highest BCUT2D eigenvalue weighted by Crippen LogP contribution is 2.15. The van der Waals surface area contributed by atoms with Crippen molar-refractivity contribution < 1.29 is 9.53 Å². The van der Waals surface area contributed by atoms with E-state index in [1.54, 1.807) is 6.20 Å². The number of carbonyl (C=O) groups is 1. The van der Waals surface area contributed by atoms with Gasteiger partial charge in [0.25, 0.3) is 0 Å². The maximum absolute atomic E-state index is 12.3. The minimum Gasteiger partial charge on any atom is -0.463 e. The van der Waals surface area contributed by atoms with E-state index in [9.17, 15) is 4.79 Å². The van der Waals surface area contributed by atoms with Gasteiger partial charge in [-0.15, -0.1) is 0 Å². The van der Waals surface area contributed by atoms with E-state index in [1.807, 2.05) is 39.5 Å². The van der Waals surface area contributed by atoms with Gasteiger partial charge in [0.2, 0.25) is 0 Å². The van der Waals surface area contributed by atoms with Crippen LogP contribution >= 0.6 is 0 Å². The second-order valence-electron chi connectivity index (χ2n) is 11.6. The number of unbranched alkanes of at least 4 members (excludes halogenated alkanes) is 1. The third-order valence-corrected chi connectivity index (χ3v) is 7.33. The number of aryl methyl sites for hydroxylation is 1. The third-order valence-electron chi connectivity index (χ3n) is 7.33. The van der Waals surface area contributed by atoms with E-state index in [1.165, 1.54) is 43.5 Å². The molecule has 0 saturated carbocycles. The number of H-pyrrole nitrogens is 1. The summed E-state index contributed by atoms with van der Waals surface area (Å²) >= 11 is 0. The van der Waals surface area contributed by atoms with Crippen molar-refractivity contribution in [2.45, 2.75) is 92.1 Å². The minimum atomic E-state index is -0.119. The second kappa shape index (κ2) is 18.5. The van der Waals surface area contributed by atoms with Crippen molar-refractivity contribution in [2.24, 2.45) is 7.05 Å². The van der Waals surface area contributed by atoms with Gasteiger partial charge in [-0.2, -0.15) is 0 Å². The van der Waals surface area contributed by atoms with Crippen molar-refractivity contribution in [1.29, 1.82) is 0 Å². The summed E-state index contributed by atoms with van der Waals surface area (Å²) in [5.41, 5.74) is 2.51. The molecule has 0 aliphatic heterocycles. The molecule has 232 valence electrons. The molecular weight excluding hydrogens is 526 g/mol. The third kappa shape index (κ3) is 12.5. The van der Waals surface area contributed by atoms with Crippen molar-refractivity contribution in [2.75, 3.05) is 32.7 Å². The second-order valence-corrected chi connectivity index (χ2v) is 11.6. The number of rotatable bonds is 21. The smallest absolute Gasteiger partial charge is 0.307 e. The van der Waals surface area contributed by atoms with Crippen molar-refractivity contribution in [3.05, 3.63) is 71.8 Å². The fourth-order valence-electron chi connectivity index (χ4n) is 5.26. The van der Waals surface area contributed by atoms with E-state index >= 15 is 0 Å². The molecule has 9 nitrogen and oxygen atoms in total. The maximum atomic E-state index is 12.3. The lowest BCUT2D eigenvalue weighted by Crippen LogP contribution is -2.30. The number of esters is 1. The van der Waals surface area contributed by atoms with Crippen molar-refractivity contribution in [1.82, 2.24) is 34.2 Å². The summed E-state index contributed by atoms with van der Waals surface area (Å²) in [6.07, 6.45) is 12.5. The lowest BCUT2D eigenvalue weighted by Gasteiger charge is -2.25. The first-order valence-electron chi connectivity index (χ1n) is 15.7. The summed E-state index contributed by atoms with van der Waals surface area (Å²) in [5, 5.41) is 0. The summed E-state index contributed by atoms with van der Waals surface area (Å²) in [7, 11) is 2.03. The number of hydrogen-bond acceptors (Lipinski definition) is 7. The Morgan fingerprint density at radius 1 is 0.833 bits per heavy atom. The predicted molar refractivity (Wildman–Crippen MR) is 169 cm³/mol.